The van der Waals surface area contributed by atoms with Crippen molar-refractivity contribution in [2.24, 2.45) is 5.92 Å². The minimum absolute atomic E-state index is 0.191. The molecule has 2 atom stereocenters. The van der Waals surface area contributed by atoms with Crippen LogP contribution in [0, 0.1) is 5.92 Å². The monoisotopic (exact) mass is 249 g/mol. The summed E-state index contributed by atoms with van der Waals surface area (Å²) in [4.78, 5) is 0. The molecule has 0 radical (unpaired) electrons. The van der Waals surface area contributed by atoms with E-state index < -0.39 is 22.2 Å². The van der Waals surface area contributed by atoms with Crippen LogP contribution in [0.25, 0.3) is 0 Å². The minimum Gasteiger partial charge on any atom is -0.389 e. The second-order valence-electron chi connectivity index (χ2n) is 4.76. The molecule has 2 fully saturated rings. The first-order chi connectivity index (χ1) is 7.57. The van der Waals surface area contributed by atoms with E-state index in [9.17, 15) is 13.5 Å². The number of nitrogens with one attached hydrogen (secondary N) is 1. The molecule has 0 unspecified atom stereocenters. The number of hydrogen-bond donors (Lipinski definition) is 2. The van der Waals surface area contributed by atoms with Gasteiger partial charge in [-0.25, -0.2) is 13.1 Å². The molecule has 1 saturated heterocycles. The lowest BCUT2D eigenvalue weighted by molar-refractivity contribution is 0.124. The zero-order valence-corrected chi connectivity index (χ0v) is 10.1. The van der Waals surface area contributed by atoms with Crippen molar-refractivity contribution in [3.8, 4) is 0 Å². The first-order valence-electron chi connectivity index (χ1n) is 5.82. The summed E-state index contributed by atoms with van der Waals surface area (Å²) in [7, 11) is -3.27. The molecule has 2 rings (SSSR count). The van der Waals surface area contributed by atoms with Crippen molar-refractivity contribution >= 4 is 10.0 Å². The van der Waals surface area contributed by atoms with Crippen LogP contribution in [-0.4, -0.2) is 44.6 Å². The van der Waals surface area contributed by atoms with Gasteiger partial charge in [-0.1, -0.05) is 12.8 Å². The maximum absolute atomic E-state index is 11.8. The Labute approximate surface area is 96.2 Å². The van der Waals surface area contributed by atoms with Gasteiger partial charge in [0.2, 0.25) is 10.0 Å². The molecule has 0 spiro atoms. The average Bonchev–Trinajstić information content (AvgIpc) is 2.78. The van der Waals surface area contributed by atoms with E-state index in [0.717, 1.165) is 25.7 Å². The number of ether oxygens (including phenoxy) is 1. The quantitative estimate of drug-likeness (QED) is 0.727. The van der Waals surface area contributed by atoms with E-state index in [2.05, 4.69) is 4.72 Å². The fourth-order valence-corrected chi connectivity index (χ4v) is 4.16. The van der Waals surface area contributed by atoms with E-state index in [1.165, 1.54) is 0 Å². The molecule has 1 aliphatic heterocycles. The Bertz CT molecular complexity index is 324. The van der Waals surface area contributed by atoms with Crippen molar-refractivity contribution in [2.75, 3.05) is 19.0 Å². The molecule has 0 aromatic rings. The third-order valence-corrected chi connectivity index (χ3v) is 4.88. The molecule has 1 aliphatic carbocycles. The molecule has 0 aromatic carbocycles. The number of aliphatic hydroxyl groups excluding tert-OH is 1. The van der Waals surface area contributed by atoms with Gasteiger partial charge in [-0.2, -0.15) is 0 Å². The summed E-state index contributed by atoms with van der Waals surface area (Å²) in [5.74, 6) is 0.480. The summed E-state index contributed by atoms with van der Waals surface area (Å²) in [5.41, 5.74) is 0. The number of aliphatic hydroxyl groups is 1. The van der Waals surface area contributed by atoms with Crippen LogP contribution in [0.15, 0.2) is 0 Å². The highest BCUT2D eigenvalue weighted by Gasteiger charge is 2.31. The molecule has 0 amide bonds. The highest BCUT2D eigenvalue weighted by atomic mass is 32.2. The van der Waals surface area contributed by atoms with Crippen molar-refractivity contribution in [3.05, 3.63) is 0 Å². The van der Waals surface area contributed by atoms with Gasteiger partial charge in [0, 0.05) is 0 Å². The van der Waals surface area contributed by atoms with Gasteiger partial charge in [-0.15, -0.1) is 0 Å². The van der Waals surface area contributed by atoms with Crippen molar-refractivity contribution in [3.63, 3.8) is 0 Å². The predicted molar refractivity (Wildman–Crippen MR) is 59.5 cm³/mol. The van der Waals surface area contributed by atoms with Crippen LogP contribution in [0.1, 0.15) is 25.7 Å². The Balaban J connectivity index is 1.86. The molecule has 5 nitrogen and oxygen atoms in total. The molecule has 6 heteroatoms. The molecular weight excluding hydrogens is 230 g/mol. The van der Waals surface area contributed by atoms with Crippen LogP contribution >= 0.6 is 0 Å². The van der Waals surface area contributed by atoms with Crippen LogP contribution in [0.2, 0.25) is 0 Å². The molecule has 1 saturated carbocycles. The fraction of sp³-hybridized carbons (Fsp3) is 1.00. The van der Waals surface area contributed by atoms with Crippen molar-refractivity contribution in [1.29, 1.82) is 0 Å². The largest absolute Gasteiger partial charge is 0.389 e. The lowest BCUT2D eigenvalue weighted by atomic mass is 10.1. The molecule has 0 aromatic heterocycles. The maximum atomic E-state index is 11.8. The van der Waals surface area contributed by atoms with Gasteiger partial charge in [-0.05, 0) is 18.8 Å². The third-order valence-electron chi connectivity index (χ3n) is 3.31. The Morgan fingerprint density at radius 3 is 2.50 bits per heavy atom. The third kappa shape index (κ3) is 3.16. The molecular formula is C10H19NO4S. The zero-order valence-electron chi connectivity index (χ0n) is 9.26. The van der Waals surface area contributed by atoms with Gasteiger partial charge >= 0.3 is 0 Å². The summed E-state index contributed by atoms with van der Waals surface area (Å²) in [6, 6.07) is -0.466. The van der Waals surface area contributed by atoms with Gasteiger partial charge in [-0.3, -0.25) is 0 Å². The summed E-state index contributed by atoms with van der Waals surface area (Å²) < 4.78 is 31.2. The minimum atomic E-state index is -3.27. The summed E-state index contributed by atoms with van der Waals surface area (Å²) >= 11 is 0. The normalized spacial score (nSPS) is 32.3. The van der Waals surface area contributed by atoms with Crippen LogP contribution in [0.4, 0.5) is 0 Å². The second kappa shape index (κ2) is 5.00. The topological polar surface area (TPSA) is 75.6 Å². The summed E-state index contributed by atoms with van der Waals surface area (Å²) in [6.45, 7) is 0.488. The molecule has 16 heavy (non-hydrogen) atoms. The SMILES string of the molecule is O=S(=O)(CC1CCCC1)N[C@H]1COC[C@@H]1O. The zero-order chi connectivity index (χ0) is 11.6. The second-order valence-corrected chi connectivity index (χ2v) is 6.56. The summed E-state index contributed by atoms with van der Waals surface area (Å²) in [5, 5.41) is 9.46. The van der Waals surface area contributed by atoms with Crippen molar-refractivity contribution in [1.82, 2.24) is 4.72 Å². The van der Waals surface area contributed by atoms with Crippen LogP contribution in [0.5, 0.6) is 0 Å². The average molecular weight is 249 g/mol. The summed E-state index contributed by atoms with van der Waals surface area (Å²) in [6.07, 6.45) is 3.57. The predicted octanol–water partition coefficient (Wildman–Crippen LogP) is -0.144. The Morgan fingerprint density at radius 2 is 1.94 bits per heavy atom. The molecule has 1 heterocycles. The van der Waals surface area contributed by atoms with E-state index in [-0.39, 0.29) is 24.9 Å². The standard InChI is InChI=1S/C10H19NO4S/c12-10-6-15-5-9(10)11-16(13,14)7-8-3-1-2-4-8/h8-12H,1-7H2/t9-,10-/m0/s1. The van der Waals surface area contributed by atoms with E-state index in [1.54, 1.807) is 0 Å². The van der Waals surface area contributed by atoms with Gasteiger partial charge in [0.15, 0.2) is 0 Å². The van der Waals surface area contributed by atoms with Crippen molar-refractivity contribution < 1.29 is 18.3 Å². The maximum Gasteiger partial charge on any atom is 0.212 e. The molecule has 0 bridgehead atoms. The molecule has 94 valence electrons. The van der Waals surface area contributed by atoms with Gasteiger partial charge < -0.3 is 9.84 Å². The molecule has 2 aliphatic rings. The first-order valence-corrected chi connectivity index (χ1v) is 7.48. The van der Waals surface area contributed by atoms with Gasteiger partial charge in [0.1, 0.15) is 0 Å². The van der Waals surface area contributed by atoms with Crippen LogP contribution < -0.4 is 4.72 Å². The smallest absolute Gasteiger partial charge is 0.212 e. The van der Waals surface area contributed by atoms with Crippen LogP contribution in [-0.2, 0) is 14.8 Å². The lowest BCUT2D eigenvalue weighted by Gasteiger charge is -2.16. The highest BCUT2D eigenvalue weighted by molar-refractivity contribution is 7.89. The highest BCUT2D eigenvalue weighted by Crippen LogP contribution is 2.25. The van der Waals surface area contributed by atoms with Crippen molar-refractivity contribution in [2.45, 2.75) is 37.8 Å². The Kier molecular flexibility index (Phi) is 3.84. The molecule has 2 N–H and O–H groups in total. The van der Waals surface area contributed by atoms with Gasteiger partial charge in [0.25, 0.3) is 0 Å². The van der Waals surface area contributed by atoms with E-state index in [4.69, 9.17) is 4.74 Å². The van der Waals surface area contributed by atoms with E-state index in [0.29, 0.717) is 0 Å². The Hall–Kier alpha value is -0.170. The van der Waals surface area contributed by atoms with E-state index in [1.807, 2.05) is 0 Å². The fourth-order valence-electron chi connectivity index (χ4n) is 2.42. The lowest BCUT2D eigenvalue weighted by Crippen LogP contribution is -2.44. The van der Waals surface area contributed by atoms with Crippen LogP contribution in [0.3, 0.4) is 0 Å². The number of rotatable bonds is 4. The van der Waals surface area contributed by atoms with E-state index >= 15 is 0 Å². The first kappa shape index (κ1) is 12.3. The van der Waals surface area contributed by atoms with Gasteiger partial charge in [0.05, 0.1) is 31.1 Å². The Morgan fingerprint density at radius 1 is 1.25 bits per heavy atom. The number of sulfonamides is 1. The number of hydrogen-bond acceptors (Lipinski definition) is 4.